The van der Waals surface area contributed by atoms with Crippen LogP contribution < -0.4 is 14.2 Å². The van der Waals surface area contributed by atoms with Crippen LogP contribution in [0.2, 0.25) is 0 Å². The van der Waals surface area contributed by atoms with Crippen LogP contribution in [0, 0.1) is 0 Å². The summed E-state index contributed by atoms with van der Waals surface area (Å²) in [5, 5.41) is 11.5. The average Bonchev–Trinajstić information content (AvgIpc) is 3.23. The molecule has 2 aliphatic rings. The lowest BCUT2D eigenvalue weighted by atomic mass is 9.95. The first kappa shape index (κ1) is 26.4. The van der Waals surface area contributed by atoms with Crippen LogP contribution in [0.4, 0.5) is 0 Å². The Morgan fingerprint density at radius 3 is 2.54 bits per heavy atom. The molecule has 3 aromatic rings. The molecule has 0 unspecified atom stereocenters. The van der Waals surface area contributed by atoms with Gasteiger partial charge >= 0.3 is 0 Å². The first-order valence-electron chi connectivity index (χ1n) is 13.5. The minimum Gasteiger partial charge on any atom is -0.507 e. The quantitative estimate of drug-likeness (QED) is 0.158. The van der Waals surface area contributed by atoms with Crippen molar-refractivity contribution in [2.45, 2.75) is 38.6 Å². The summed E-state index contributed by atoms with van der Waals surface area (Å²) in [6, 6.07) is 21.5. The molecular formula is C32H33NO6. The highest BCUT2D eigenvalue weighted by Gasteiger charge is 2.46. The Balaban J connectivity index is 1.53. The summed E-state index contributed by atoms with van der Waals surface area (Å²) >= 11 is 0. The van der Waals surface area contributed by atoms with Crippen molar-refractivity contribution in [2.24, 2.45) is 0 Å². The number of Topliss-reactive ketones (excluding diaryl/α,β-unsaturated/α-hetero) is 1. The highest BCUT2D eigenvalue weighted by atomic mass is 16.6. The van der Waals surface area contributed by atoms with E-state index in [1.807, 2.05) is 54.6 Å². The lowest BCUT2D eigenvalue weighted by Crippen LogP contribution is -2.31. The number of nitrogens with zero attached hydrogens (tertiary/aromatic N) is 1. The first-order valence-corrected chi connectivity index (χ1v) is 13.5. The number of rotatable bonds is 10. The van der Waals surface area contributed by atoms with E-state index in [0.717, 1.165) is 24.8 Å². The lowest BCUT2D eigenvalue weighted by Gasteiger charge is -2.26. The zero-order valence-electron chi connectivity index (χ0n) is 22.1. The van der Waals surface area contributed by atoms with Gasteiger partial charge < -0.3 is 24.2 Å². The second-order valence-electron chi connectivity index (χ2n) is 9.71. The summed E-state index contributed by atoms with van der Waals surface area (Å²) in [6.07, 6.45) is 3.69. The number of aliphatic hydroxyl groups is 1. The highest BCUT2D eigenvalue weighted by Crippen LogP contribution is 2.41. The minimum absolute atomic E-state index is 0.0490. The molecule has 1 N–H and O–H groups in total. The molecule has 0 saturated carbocycles. The molecular weight excluding hydrogens is 494 g/mol. The summed E-state index contributed by atoms with van der Waals surface area (Å²) in [4.78, 5) is 28.4. The molecule has 5 rings (SSSR count). The van der Waals surface area contributed by atoms with Crippen LogP contribution >= 0.6 is 0 Å². The van der Waals surface area contributed by atoms with Crippen molar-refractivity contribution < 1.29 is 28.9 Å². The van der Waals surface area contributed by atoms with E-state index in [-0.39, 0.29) is 11.3 Å². The lowest BCUT2D eigenvalue weighted by molar-refractivity contribution is -0.139. The molecule has 2 aliphatic heterocycles. The normalized spacial score (nSPS) is 17.9. The Morgan fingerprint density at radius 1 is 0.949 bits per heavy atom. The van der Waals surface area contributed by atoms with E-state index in [1.165, 1.54) is 0 Å². The maximum Gasteiger partial charge on any atom is 0.295 e. The summed E-state index contributed by atoms with van der Waals surface area (Å²) in [7, 11) is 0. The molecule has 0 spiro atoms. The van der Waals surface area contributed by atoms with Gasteiger partial charge in [-0.1, -0.05) is 62.2 Å². The smallest absolute Gasteiger partial charge is 0.295 e. The topological polar surface area (TPSA) is 85.3 Å². The van der Waals surface area contributed by atoms with Gasteiger partial charge in [-0.15, -0.1) is 0 Å². The third-order valence-corrected chi connectivity index (χ3v) is 7.03. The van der Waals surface area contributed by atoms with Gasteiger partial charge in [-0.3, -0.25) is 9.59 Å². The SMILES string of the molecule is CCCCCOc1cccc([C@H]2/C(=C(\O)c3ccc4c(c3)OCCO4)C(=O)C(=O)N2CCc2ccccc2)c1. The Bertz CT molecular complexity index is 1370. The van der Waals surface area contributed by atoms with Gasteiger partial charge in [-0.05, 0) is 54.3 Å². The highest BCUT2D eigenvalue weighted by molar-refractivity contribution is 6.46. The molecule has 1 saturated heterocycles. The van der Waals surface area contributed by atoms with Crippen molar-refractivity contribution in [1.29, 1.82) is 0 Å². The molecule has 0 radical (unpaired) electrons. The predicted octanol–water partition coefficient (Wildman–Crippen LogP) is 5.69. The number of carbonyl (C=O) groups is 2. The molecule has 1 amide bonds. The number of unbranched alkanes of at least 4 members (excludes halogenated alkanes) is 2. The standard InChI is InChI=1S/C32H33NO6/c1-2-3-7-17-37-25-12-8-11-23(20-25)29-28(30(34)24-13-14-26-27(21-24)39-19-18-38-26)31(35)32(36)33(29)16-15-22-9-5-4-6-10-22/h4-6,8-14,20-21,29,34H,2-3,7,15-19H2,1H3/b30-28+/t29-/m0/s1. The molecule has 2 heterocycles. The zero-order chi connectivity index (χ0) is 27.2. The number of fused-ring (bicyclic) bond motifs is 1. The number of aliphatic hydroxyl groups excluding tert-OH is 1. The molecule has 202 valence electrons. The third kappa shape index (κ3) is 5.77. The van der Waals surface area contributed by atoms with Gasteiger partial charge in [0.25, 0.3) is 11.7 Å². The van der Waals surface area contributed by atoms with E-state index in [4.69, 9.17) is 14.2 Å². The Hall–Kier alpha value is -4.26. The van der Waals surface area contributed by atoms with Crippen molar-refractivity contribution in [2.75, 3.05) is 26.4 Å². The van der Waals surface area contributed by atoms with Gasteiger partial charge in [-0.2, -0.15) is 0 Å². The third-order valence-electron chi connectivity index (χ3n) is 7.03. The Kier molecular flexibility index (Phi) is 8.16. The number of carbonyl (C=O) groups excluding carboxylic acids is 2. The Labute approximate surface area is 228 Å². The number of hydrogen-bond acceptors (Lipinski definition) is 6. The predicted molar refractivity (Wildman–Crippen MR) is 148 cm³/mol. The van der Waals surface area contributed by atoms with Crippen LogP contribution in [-0.2, 0) is 16.0 Å². The number of hydrogen-bond donors (Lipinski definition) is 1. The first-order chi connectivity index (χ1) is 19.1. The van der Waals surface area contributed by atoms with Crippen molar-refractivity contribution in [3.8, 4) is 17.2 Å². The van der Waals surface area contributed by atoms with Crippen molar-refractivity contribution >= 4 is 17.4 Å². The molecule has 0 aliphatic carbocycles. The van der Waals surface area contributed by atoms with Gasteiger partial charge in [0.2, 0.25) is 0 Å². The summed E-state index contributed by atoms with van der Waals surface area (Å²) < 4.78 is 17.2. The van der Waals surface area contributed by atoms with Gasteiger partial charge in [-0.25, -0.2) is 0 Å². The van der Waals surface area contributed by atoms with E-state index in [2.05, 4.69) is 6.92 Å². The Morgan fingerprint density at radius 2 is 1.74 bits per heavy atom. The summed E-state index contributed by atoms with van der Waals surface area (Å²) in [6.45, 7) is 3.89. The maximum atomic E-state index is 13.4. The second-order valence-corrected chi connectivity index (χ2v) is 9.71. The van der Waals surface area contributed by atoms with Gasteiger partial charge in [0.05, 0.1) is 18.2 Å². The van der Waals surface area contributed by atoms with Gasteiger partial charge in [0, 0.05) is 12.1 Å². The average molecular weight is 528 g/mol. The number of likely N-dealkylation sites (tertiary alicyclic amines) is 1. The fourth-order valence-corrected chi connectivity index (χ4v) is 5.01. The van der Waals surface area contributed by atoms with Crippen molar-refractivity contribution in [1.82, 2.24) is 4.90 Å². The van der Waals surface area contributed by atoms with E-state index < -0.39 is 17.7 Å². The number of ether oxygens (including phenoxy) is 3. The van der Waals surface area contributed by atoms with E-state index in [0.29, 0.717) is 61.2 Å². The molecule has 39 heavy (non-hydrogen) atoms. The van der Waals surface area contributed by atoms with Crippen LogP contribution in [0.25, 0.3) is 5.76 Å². The van der Waals surface area contributed by atoms with Crippen LogP contribution in [0.3, 0.4) is 0 Å². The number of benzene rings is 3. The monoisotopic (exact) mass is 527 g/mol. The molecule has 7 nitrogen and oxygen atoms in total. The summed E-state index contributed by atoms with van der Waals surface area (Å²) in [5.41, 5.74) is 2.19. The minimum atomic E-state index is -0.763. The fraction of sp³-hybridized carbons (Fsp3) is 0.312. The number of amides is 1. The van der Waals surface area contributed by atoms with Crippen LogP contribution in [0.1, 0.15) is 48.9 Å². The molecule has 7 heteroatoms. The molecule has 1 atom stereocenters. The van der Waals surface area contributed by atoms with E-state index in [9.17, 15) is 14.7 Å². The molecule has 3 aromatic carbocycles. The van der Waals surface area contributed by atoms with E-state index >= 15 is 0 Å². The second kappa shape index (κ2) is 12.1. The molecule has 0 bridgehead atoms. The van der Waals surface area contributed by atoms with E-state index in [1.54, 1.807) is 23.1 Å². The zero-order valence-corrected chi connectivity index (χ0v) is 22.1. The number of ketones is 1. The van der Waals surface area contributed by atoms with Gasteiger partial charge in [0.1, 0.15) is 24.7 Å². The largest absolute Gasteiger partial charge is 0.507 e. The van der Waals surface area contributed by atoms with Crippen molar-refractivity contribution in [3.63, 3.8) is 0 Å². The summed E-state index contributed by atoms with van der Waals surface area (Å²) in [5.74, 6) is 0.135. The van der Waals surface area contributed by atoms with Crippen molar-refractivity contribution in [3.05, 3.63) is 95.1 Å². The molecule has 0 aromatic heterocycles. The van der Waals surface area contributed by atoms with Crippen LogP contribution in [-0.4, -0.2) is 48.1 Å². The fourth-order valence-electron chi connectivity index (χ4n) is 5.01. The molecule has 1 fully saturated rings. The van der Waals surface area contributed by atoms with Crippen LogP contribution in [0.5, 0.6) is 17.2 Å². The van der Waals surface area contributed by atoms with Gasteiger partial charge in [0.15, 0.2) is 11.5 Å². The maximum absolute atomic E-state index is 13.4. The van der Waals surface area contributed by atoms with Crippen LogP contribution in [0.15, 0.2) is 78.4 Å².